The Hall–Kier alpha value is -2.56. The molecule has 104 valence electrons. The summed E-state index contributed by atoms with van der Waals surface area (Å²) in [5, 5.41) is 11.4. The van der Waals surface area contributed by atoms with Gasteiger partial charge >= 0.3 is 0 Å². The zero-order valence-corrected chi connectivity index (χ0v) is 11.0. The first kappa shape index (κ1) is 13.9. The zero-order valence-electron chi connectivity index (χ0n) is 11.0. The molecule has 0 saturated heterocycles. The molecule has 0 radical (unpaired) electrons. The van der Waals surface area contributed by atoms with Crippen LogP contribution in [-0.4, -0.2) is 11.0 Å². The van der Waals surface area contributed by atoms with E-state index in [9.17, 15) is 4.39 Å². The minimum absolute atomic E-state index is 0.0905. The van der Waals surface area contributed by atoms with Crippen molar-refractivity contribution in [3.05, 3.63) is 59.4 Å². The van der Waals surface area contributed by atoms with Crippen LogP contribution in [0.15, 0.2) is 47.6 Å². The highest BCUT2D eigenvalue weighted by Crippen LogP contribution is 2.26. The third-order valence-electron chi connectivity index (χ3n) is 2.87. The first-order valence-electron chi connectivity index (χ1n) is 6.18. The van der Waals surface area contributed by atoms with Gasteiger partial charge in [0.2, 0.25) is 0 Å². The summed E-state index contributed by atoms with van der Waals surface area (Å²) in [6, 6.07) is 11.6. The number of oxime groups is 1. The van der Waals surface area contributed by atoms with Gasteiger partial charge in [0.25, 0.3) is 0 Å². The zero-order chi connectivity index (χ0) is 14.5. The van der Waals surface area contributed by atoms with Crippen molar-refractivity contribution in [1.82, 2.24) is 0 Å². The number of nitrogens with zero attached hydrogens (tertiary/aromatic N) is 1. The van der Waals surface area contributed by atoms with Gasteiger partial charge in [0.05, 0.1) is 0 Å². The first-order valence-corrected chi connectivity index (χ1v) is 6.18. The number of halogens is 1. The molecule has 0 aliphatic rings. The fraction of sp³-hybridized carbons (Fsp3) is 0.133. The summed E-state index contributed by atoms with van der Waals surface area (Å²) in [5.74, 6) is -0.0630. The molecule has 4 nitrogen and oxygen atoms in total. The highest BCUT2D eigenvalue weighted by molar-refractivity contribution is 5.97. The second kappa shape index (κ2) is 6.06. The van der Waals surface area contributed by atoms with Gasteiger partial charge in [0, 0.05) is 5.56 Å². The lowest BCUT2D eigenvalue weighted by molar-refractivity contribution is 0.318. The summed E-state index contributed by atoms with van der Waals surface area (Å²) in [6.45, 7) is 2.03. The Morgan fingerprint density at radius 2 is 2.10 bits per heavy atom. The third-order valence-corrected chi connectivity index (χ3v) is 2.87. The fourth-order valence-electron chi connectivity index (χ4n) is 1.76. The second-order valence-corrected chi connectivity index (χ2v) is 4.23. The van der Waals surface area contributed by atoms with Crippen molar-refractivity contribution >= 4 is 5.84 Å². The lowest BCUT2D eigenvalue weighted by atomic mass is 10.1. The molecule has 2 aromatic rings. The highest BCUT2D eigenvalue weighted by atomic mass is 19.1. The topological polar surface area (TPSA) is 67.8 Å². The van der Waals surface area contributed by atoms with Crippen LogP contribution in [0.3, 0.4) is 0 Å². The molecule has 0 saturated carbocycles. The van der Waals surface area contributed by atoms with Crippen molar-refractivity contribution in [2.24, 2.45) is 10.9 Å². The Morgan fingerprint density at radius 3 is 2.75 bits per heavy atom. The van der Waals surface area contributed by atoms with Crippen molar-refractivity contribution in [3.63, 3.8) is 0 Å². The summed E-state index contributed by atoms with van der Waals surface area (Å²) in [7, 11) is 0. The Morgan fingerprint density at radius 1 is 1.30 bits per heavy atom. The minimum atomic E-state index is -0.573. The number of aryl methyl sites for hydroxylation is 1. The molecule has 0 spiro atoms. The Kier molecular flexibility index (Phi) is 4.20. The molecule has 0 aliphatic carbocycles. The molecule has 0 unspecified atom stereocenters. The molecule has 0 aromatic heterocycles. The number of amidine groups is 1. The van der Waals surface area contributed by atoms with Crippen LogP contribution in [0.2, 0.25) is 0 Å². The van der Waals surface area contributed by atoms with Gasteiger partial charge in [-0.2, -0.15) is 0 Å². The number of hydrogen-bond donors (Lipinski definition) is 2. The van der Waals surface area contributed by atoms with E-state index in [0.717, 1.165) is 18.1 Å². The molecule has 0 bridgehead atoms. The van der Waals surface area contributed by atoms with Crippen LogP contribution in [0.5, 0.6) is 11.5 Å². The monoisotopic (exact) mass is 274 g/mol. The maximum absolute atomic E-state index is 13.9. The number of benzene rings is 2. The summed E-state index contributed by atoms with van der Waals surface area (Å²) in [6.07, 6.45) is 0.877. The van der Waals surface area contributed by atoms with Crippen molar-refractivity contribution in [3.8, 4) is 11.5 Å². The Bertz CT molecular complexity index is 642. The van der Waals surface area contributed by atoms with E-state index in [2.05, 4.69) is 5.16 Å². The summed E-state index contributed by atoms with van der Waals surface area (Å²) >= 11 is 0. The lowest BCUT2D eigenvalue weighted by Gasteiger charge is -2.09. The second-order valence-electron chi connectivity index (χ2n) is 4.23. The van der Waals surface area contributed by atoms with Gasteiger partial charge in [-0.05, 0) is 42.3 Å². The summed E-state index contributed by atoms with van der Waals surface area (Å²) in [4.78, 5) is 0. The molecule has 0 heterocycles. The largest absolute Gasteiger partial charge is 0.454 e. The predicted octanol–water partition coefficient (Wildman–Crippen LogP) is 3.27. The number of nitrogens with two attached hydrogens (primary N) is 1. The Balaban J connectivity index is 2.25. The van der Waals surface area contributed by atoms with Gasteiger partial charge in [0.15, 0.2) is 17.4 Å². The molecule has 3 N–H and O–H groups in total. The van der Waals surface area contributed by atoms with Gasteiger partial charge in [-0.25, -0.2) is 4.39 Å². The molecule has 0 aliphatic heterocycles. The van der Waals surface area contributed by atoms with Gasteiger partial charge in [0.1, 0.15) is 5.75 Å². The lowest BCUT2D eigenvalue weighted by Crippen LogP contribution is -2.13. The molecule has 0 atom stereocenters. The van der Waals surface area contributed by atoms with Crippen LogP contribution < -0.4 is 10.5 Å². The molecule has 0 fully saturated rings. The third kappa shape index (κ3) is 3.06. The first-order chi connectivity index (χ1) is 9.63. The van der Waals surface area contributed by atoms with Gasteiger partial charge in [-0.1, -0.05) is 24.2 Å². The molecule has 2 aromatic carbocycles. The van der Waals surface area contributed by atoms with Crippen LogP contribution in [0.4, 0.5) is 4.39 Å². The van der Waals surface area contributed by atoms with E-state index in [1.807, 2.05) is 25.1 Å². The van der Waals surface area contributed by atoms with Crippen LogP contribution >= 0.6 is 0 Å². The van der Waals surface area contributed by atoms with Crippen molar-refractivity contribution < 1.29 is 14.3 Å². The molecule has 2 rings (SSSR count). The average molecular weight is 274 g/mol. The summed E-state index contributed by atoms with van der Waals surface area (Å²) in [5.41, 5.74) is 6.80. The van der Waals surface area contributed by atoms with E-state index in [4.69, 9.17) is 15.7 Å². The van der Waals surface area contributed by atoms with Crippen molar-refractivity contribution in [2.45, 2.75) is 13.3 Å². The van der Waals surface area contributed by atoms with Crippen LogP contribution in [0.25, 0.3) is 0 Å². The maximum atomic E-state index is 13.9. The maximum Gasteiger partial charge on any atom is 0.170 e. The Labute approximate surface area is 116 Å². The standard InChI is InChI=1S/C15H15FN2O2/c1-2-10-4-3-5-12(8-10)20-14-7-6-11(9-13(14)16)15(17)18-19/h3-9,19H,2H2,1H3,(H2,17,18). The summed E-state index contributed by atoms with van der Waals surface area (Å²) < 4.78 is 19.4. The van der Waals surface area contributed by atoms with E-state index in [-0.39, 0.29) is 11.6 Å². The fourth-order valence-corrected chi connectivity index (χ4v) is 1.76. The van der Waals surface area contributed by atoms with Gasteiger partial charge in [-0.15, -0.1) is 0 Å². The van der Waals surface area contributed by atoms with Gasteiger partial charge in [-0.3, -0.25) is 0 Å². The van der Waals surface area contributed by atoms with Crippen LogP contribution in [-0.2, 0) is 6.42 Å². The van der Waals surface area contributed by atoms with E-state index in [1.54, 1.807) is 6.07 Å². The van der Waals surface area contributed by atoms with Gasteiger partial charge < -0.3 is 15.7 Å². The van der Waals surface area contributed by atoms with Crippen LogP contribution in [0.1, 0.15) is 18.1 Å². The molecule has 5 heteroatoms. The molecule has 0 amide bonds. The SMILES string of the molecule is CCc1cccc(Oc2ccc(/C(N)=N/O)cc2F)c1. The smallest absolute Gasteiger partial charge is 0.170 e. The van der Waals surface area contributed by atoms with E-state index in [0.29, 0.717) is 11.3 Å². The number of hydrogen-bond acceptors (Lipinski definition) is 3. The van der Waals surface area contributed by atoms with E-state index >= 15 is 0 Å². The molecular weight excluding hydrogens is 259 g/mol. The van der Waals surface area contributed by atoms with Crippen molar-refractivity contribution in [1.29, 1.82) is 0 Å². The minimum Gasteiger partial charge on any atom is -0.454 e. The number of rotatable bonds is 4. The van der Waals surface area contributed by atoms with Crippen LogP contribution in [0, 0.1) is 5.82 Å². The van der Waals surface area contributed by atoms with Crippen molar-refractivity contribution in [2.75, 3.05) is 0 Å². The molecule has 20 heavy (non-hydrogen) atoms. The average Bonchev–Trinajstić information content (AvgIpc) is 2.48. The number of ether oxygens (including phenoxy) is 1. The highest BCUT2D eigenvalue weighted by Gasteiger charge is 2.08. The van der Waals surface area contributed by atoms with E-state index in [1.165, 1.54) is 12.1 Å². The molecular formula is C15H15FN2O2. The quantitative estimate of drug-likeness (QED) is 0.389. The predicted molar refractivity (Wildman–Crippen MR) is 74.8 cm³/mol. The van der Waals surface area contributed by atoms with E-state index < -0.39 is 5.82 Å². The normalized spacial score (nSPS) is 11.4.